The fraction of sp³-hybridized carbons (Fsp3) is 0.0870. The summed E-state index contributed by atoms with van der Waals surface area (Å²) in [6.07, 6.45) is 0. The van der Waals surface area contributed by atoms with Crippen LogP contribution in [0.3, 0.4) is 0 Å². The number of hydrogen-bond donors (Lipinski definition) is 1. The number of nitro groups is 1. The lowest BCUT2D eigenvalue weighted by Gasteiger charge is -2.23. The molecule has 0 radical (unpaired) electrons. The average molecular weight is 560 g/mol. The van der Waals surface area contributed by atoms with Gasteiger partial charge in [-0.05, 0) is 66.9 Å². The van der Waals surface area contributed by atoms with E-state index in [9.17, 15) is 23.3 Å². The monoisotopic (exact) mass is 559 g/mol. The van der Waals surface area contributed by atoms with Crippen molar-refractivity contribution in [3.8, 4) is 0 Å². The van der Waals surface area contributed by atoms with Crippen LogP contribution >= 0.6 is 27.3 Å². The summed E-state index contributed by atoms with van der Waals surface area (Å²) in [6, 6.07) is 19.0. The fourth-order valence-corrected chi connectivity index (χ4v) is 6.08. The van der Waals surface area contributed by atoms with E-state index in [4.69, 9.17) is 0 Å². The molecular formula is C23H18BrN3O5S2. The number of thiophene rings is 1. The molecule has 0 saturated heterocycles. The molecule has 1 N–H and O–H groups in total. The number of rotatable bonds is 7. The van der Waals surface area contributed by atoms with E-state index in [0.29, 0.717) is 16.3 Å². The molecule has 0 aliphatic heterocycles. The number of halogens is 1. The summed E-state index contributed by atoms with van der Waals surface area (Å²) in [5.74, 6) is -0.405. The van der Waals surface area contributed by atoms with E-state index >= 15 is 0 Å². The van der Waals surface area contributed by atoms with Crippen molar-refractivity contribution < 1.29 is 18.1 Å². The van der Waals surface area contributed by atoms with E-state index in [1.807, 2.05) is 0 Å². The van der Waals surface area contributed by atoms with Crippen molar-refractivity contribution in [2.24, 2.45) is 0 Å². The molecule has 1 amide bonds. The Morgan fingerprint density at radius 3 is 2.50 bits per heavy atom. The highest BCUT2D eigenvalue weighted by Gasteiger charge is 2.24. The number of nitro benzene ring substituents is 1. The van der Waals surface area contributed by atoms with Gasteiger partial charge in [-0.1, -0.05) is 22.0 Å². The van der Waals surface area contributed by atoms with E-state index in [-0.39, 0.29) is 17.1 Å². The van der Waals surface area contributed by atoms with Crippen LogP contribution in [-0.2, 0) is 10.0 Å². The van der Waals surface area contributed by atoms with Gasteiger partial charge in [-0.25, -0.2) is 8.42 Å². The van der Waals surface area contributed by atoms with Crippen LogP contribution in [0.25, 0.3) is 10.1 Å². The average Bonchev–Trinajstić information content (AvgIpc) is 3.23. The topological polar surface area (TPSA) is 110 Å². The number of anilines is 2. The van der Waals surface area contributed by atoms with Crippen LogP contribution in [0.15, 0.2) is 82.2 Å². The second kappa shape index (κ2) is 9.53. The lowest BCUT2D eigenvalue weighted by atomic mass is 10.2. The van der Waals surface area contributed by atoms with Gasteiger partial charge in [0.15, 0.2) is 0 Å². The number of benzene rings is 3. The Kier molecular flexibility index (Phi) is 6.69. The second-order valence-corrected chi connectivity index (χ2v) is 11.1. The standard InChI is InChI=1S/C23H18BrN3O5S2/c1-2-26(34(31,32)20-9-6-16(24)7-10-20)18-8-11-21-15(12-18)13-22(33-21)23(28)25-17-4-3-5-19(14-17)27(29)30/h3-14H,2H2,1H3,(H,25,28). The molecule has 0 bridgehead atoms. The van der Waals surface area contributed by atoms with Gasteiger partial charge in [-0.15, -0.1) is 11.3 Å². The molecule has 8 nitrogen and oxygen atoms in total. The van der Waals surface area contributed by atoms with Crippen LogP contribution in [0.1, 0.15) is 16.6 Å². The van der Waals surface area contributed by atoms with Gasteiger partial charge >= 0.3 is 0 Å². The third kappa shape index (κ3) is 4.81. The summed E-state index contributed by atoms with van der Waals surface area (Å²) in [7, 11) is -3.77. The summed E-state index contributed by atoms with van der Waals surface area (Å²) in [5.41, 5.74) is 0.682. The van der Waals surface area contributed by atoms with E-state index in [1.165, 1.54) is 33.8 Å². The predicted molar refractivity (Wildman–Crippen MR) is 137 cm³/mol. The minimum atomic E-state index is -3.77. The van der Waals surface area contributed by atoms with Crippen molar-refractivity contribution in [2.75, 3.05) is 16.2 Å². The van der Waals surface area contributed by atoms with Crippen LogP contribution in [0.4, 0.5) is 17.1 Å². The maximum Gasteiger partial charge on any atom is 0.271 e. The van der Waals surface area contributed by atoms with Gasteiger partial charge in [0, 0.05) is 33.5 Å². The molecule has 0 saturated carbocycles. The summed E-state index contributed by atoms with van der Waals surface area (Å²) in [5, 5.41) is 14.3. The van der Waals surface area contributed by atoms with E-state index < -0.39 is 20.9 Å². The number of amides is 1. The molecule has 0 aliphatic rings. The van der Waals surface area contributed by atoms with Crippen LogP contribution < -0.4 is 9.62 Å². The molecule has 174 valence electrons. The lowest BCUT2D eigenvalue weighted by molar-refractivity contribution is -0.384. The lowest BCUT2D eigenvalue weighted by Crippen LogP contribution is -2.30. The Labute approximate surface area is 208 Å². The number of non-ortho nitro benzene ring substituents is 1. The number of sulfonamides is 1. The number of nitrogens with one attached hydrogen (secondary N) is 1. The first-order valence-electron chi connectivity index (χ1n) is 10.1. The van der Waals surface area contributed by atoms with Gasteiger partial charge in [0.2, 0.25) is 0 Å². The van der Waals surface area contributed by atoms with Crippen LogP contribution in [-0.4, -0.2) is 25.8 Å². The third-order valence-electron chi connectivity index (χ3n) is 5.02. The zero-order valence-corrected chi connectivity index (χ0v) is 21.0. The Morgan fingerprint density at radius 1 is 1.09 bits per heavy atom. The van der Waals surface area contributed by atoms with Gasteiger partial charge in [-0.2, -0.15) is 0 Å². The quantitative estimate of drug-likeness (QED) is 0.219. The zero-order valence-electron chi connectivity index (χ0n) is 17.8. The van der Waals surface area contributed by atoms with Crippen LogP contribution in [0.5, 0.6) is 0 Å². The van der Waals surface area contributed by atoms with Crippen LogP contribution in [0, 0.1) is 10.1 Å². The predicted octanol–water partition coefficient (Wildman–Crippen LogP) is 6.04. The largest absolute Gasteiger partial charge is 0.321 e. The SMILES string of the molecule is CCN(c1ccc2sc(C(=O)Nc3cccc([N+](=O)[O-])c3)cc2c1)S(=O)(=O)c1ccc(Br)cc1. The summed E-state index contributed by atoms with van der Waals surface area (Å²) in [6.45, 7) is 1.99. The molecule has 3 aromatic carbocycles. The Bertz CT molecular complexity index is 1500. The van der Waals surface area contributed by atoms with E-state index in [0.717, 1.165) is 14.6 Å². The Morgan fingerprint density at radius 2 is 1.82 bits per heavy atom. The molecule has 11 heteroatoms. The molecule has 0 aliphatic carbocycles. The van der Waals surface area contributed by atoms with Crippen LogP contribution in [0.2, 0.25) is 0 Å². The number of carbonyl (C=O) groups is 1. The first kappa shape index (κ1) is 23.9. The smallest absolute Gasteiger partial charge is 0.271 e. The van der Waals surface area contributed by atoms with Gasteiger partial charge in [-0.3, -0.25) is 19.2 Å². The first-order chi connectivity index (χ1) is 16.2. The summed E-state index contributed by atoms with van der Waals surface area (Å²) >= 11 is 4.56. The molecule has 1 aromatic heterocycles. The second-order valence-electron chi connectivity index (χ2n) is 7.22. The van der Waals surface area contributed by atoms with Gasteiger partial charge in [0.05, 0.1) is 20.4 Å². The minimum absolute atomic E-state index is 0.120. The summed E-state index contributed by atoms with van der Waals surface area (Å²) in [4.78, 5) is 23.7. The molecule has 0 atom stereocenters. The van der Waals surface area contributed by atoms with Gasteiger partial charge in [0.25, 0.3) is 21.6 Å². The van der Waals surface area contributed by atoms with Crippen molar-refractivity contribution in [1.29, 1.82) is 0 Å². The van der Waals surface area contributed by atoms with E-state index in [1.54, 1.807) is 61.5 Å². The molecule has 1 heterocycles. The van der Waals surface area contributed by atoms with Gasteiger partial charge < -0.3 is 5.32 Å². The van der Waals surface area contributed by atoms with Crippen molar-refractivity contribution in [3.05, 3.63) is 92.3 Å². The summed E-state index contributed by atoms with van der Waals surface area (Å²) < 4.78 is 29.3. The fourth-order valence-electron chi connectivity index (χ4n) is 3.41. The molecular weight excluding hydrogens is 542 g/mol. The highest BCUT2D eigenvalue weighted by molar-refractivity contribution is 9.10. The molecule has 34 heavy (non-hydrogen) atoms. The first-order valence-corrected chi connectivity index (χ1v) is 13.1. The Hall–Kier alpha value is -3.28. The molecule has 4 rings (SSSR count). The van der Waals surface area contributed by atoms with E-state index in [2.05, 4.69) is 21.2 Å². The maximum atomic E-state index is 13.2. The molecule has 0 spiro atoms. The normalized spacial score (nSPS) is 11.4. The molecule has 4 aromatic rings. The number of fused-ring (bicyclic) bond motifs is 1. The van der Waals surface area contributed by atoms with Crippen molar-refractivity contribution in [2.45, 2.75) is 11.8 Å². The minimum Gasteiger partial charge on any atom is -0.321 e. The van der Waals surface area contributed by atoms with Crippen molar-refractivity contribution in [3.63, 3.8) is 0 Å². The maximum absolute atomic E-state index is 13.2. The van der Waals surface area contributed by atoms with Gasteiger partial charge in [0.1, 0.15) is 0 Å². The zero-order chi connectivity index (χ0) is 24.5. The third-order valence-corrected chi connectivity index (χ3v) is 8.58. The number of carbonyl (C=O) groups excluding carboxylic acids is 1. The van der Waals surface area contributed by atoms with Crippen molar-refractivity contribution >= 4 is 70.3 Å². The van der Waals surface area contributed by atoms with Crippen molar-refractivity contribution in [1.82, 2.24) is 0 Å². The highest BCUT2D eigenvalue weighted by atomic mass is 79.9. The molecule has 0 unspecified atom stereocenters. The highest BCUT2D eigenvalue weighted by Crippen LogP contribution is 2.32. The Balaban J connectivity index is 1.62. The molecule has 0 fully saturated rings. The number of nitrogens with zero attached hydrogens (tertiary/aromatic N) is 2. The number of hydrogen-bond acceptors (Lipinski definition) is 6.